The summed E-state index contributed by atoms with van der Waals surface area (Å²) in [6.45, 7) is 10.3. The SMILES string of the molecule is CCN(CC)CCn1c(CCOC)nc2scc(-c3ccc(C)cc3)c2c1=O. The summed E-state index contributed by atoms with van der Waals surface area (Å²) in [6.07, 6.45) is 0.637. The maximum Gasteiger partial charge on any atom is 0.262 e. The first-order valence-corrected chi connectivity index (χ1v) is 10.8. The van der Waals surface area contributed by atoms with Crippen molar-refractivity contribution < 1.29 is 4.74 Å². The van der Waals surface area contributed by atoms with Crippen molar-refractivity contribution in [1.82, 2.24) is 14.5 Å². The van der Waals surface area contributed by atoms with E-state index in [2.05, 4.69) is 55.3 Å². The summed E-state index contributed by atoms with van der Waals surface area (Å²) in [7, 11) is 1.68. The Balaban J connectivity index is 2.09. The quantitative estimate of drug-likeness (QED) is 0.546. The molecular formula is C22H29N3O2S. The second-order valence-corrected chi connectivity index (χ2v) is 7.81. The van der Waals surface area contributed by atoms with Crippen LogP contribution in [0.4, 0.5) is 0 Å². The van der Waals surface area contributed by atoms with Crippen molar-refractivity contribution in [2.24, 2.45) is 0 Å². The molecule has 0 N–H and O–H groups in total. The summed E-state index contributed by atoms with van der Waals surface area (Å²) in [5, 5.41) is 2.79. The smallest absolute Gasteiger partial charge is 0.262 e. The van der Waals surface area contributed by atoms with Gasteiger partial charge in [0.25, 0.3) is 5.56 Å². The number of nitrogens with zero attached hydrogens (tertiary/aromatic N) is 3. The highest BCUT2D eigenvalue weighted by Gasteiger charge is 2.17. The van der Waals surface area contributed by atoms with Crippen LogP contribution < -0.4 is 5.56 Å². The molecule has 1 aromatic carbocycles. The van der Waals surface area contributed by atoms with E-state index in [-0.39, 0.29) is 5.56 Å². The van der Waals surface area contributed by atoms with Gasteiger partial charge in [0.2, 0.25) is 0 Å². The zero-order valence-corrected chi connectivity index (χ0v) is 18.0. The predicted molar refractivity (Wildman–Crippen MR) is 117 cm³/mol. The van der Waals surface area contributed by atoms with Gasteiger partial charge in [-0.05, 0) is 25.6 Å². The molecule has 2 aromatic heterocycles. The number of ether oxygens (including phenoxy) is 1. The number of thiophene rings is 1. The molecule has 3 rings (SSSR count). The minimum atomic E-state index is 0.0556. The summed E-state index contributed by atoms with van der Waals surface area (Å²) < 4.78 is 7.10. The Morgan fingerprint density at radius 3 is 2.54 bits per heavy atom. The van der Waals surface area contributed by atoms with Gasteiger partial charge < -0.3 is 9.64 Å². The Kier molecular flexibility index (Phi) is 6.99. The van der Waals surface area contributed by atoms with Crippen LogP contribution in [0.25, 0.3) is 21.3 Å². The van der Waals surface area contributed by atoms with Gasteiger partial charge in [0, 0.05) is 37.6 Å². The first-order chi connectivity index (χ1) is 13.6. The van der Waals surface area contributed by atoms with E-state index in [9.17, 15) is 4.79 Å². The molecule has 0 aliphatic rings. The molecule has 6 heteroatoms. The van der Waals surface area contributed by atoms with Gasteiger partial charge in [-0.15, -0.1) is 11.3 Å². The largest absolute Gasteiger partial charge is 0.384 e. The predicted octanol–water partition coefficient (Wildman–Crippen LogP) is 3.96. The van der Waals surface area contributed by atoms with Gasteiger partial charge in [0.15, 0.2) is 0 Å². The third kappa shape index (κ3) is 4.35. The molecule has 5 nitrogen and oxygen atoms in total. The van der Waals surface area contributed by atoms with E-state index in [1.807, 2.05) is 4.57 Å². The molecule has 150 valence electrons. The zero-order valence-electron chi connectivity index (χ0n) is 17.2. The van der Waals surface area contributed by atoms with Gasteiger partial charge in [-0.3, -0.25) is 9.36 Å². The molecule has 3 aromatic rings. The molecule has 0 fully saturated rings. The standard InChI is InChI=1S/C22H29N3O2S/c1-5-24(6-2)12-13-25-19(11-14-27-4)23-21-20(22(25)26)18(15-28-21)17-9-7-16(3)8-10-17/h7-10,15H,5-6,11-14H2,1-4H3. The second kappa shape index (κ2) is 9.45. The van der Waals surface area contributed by atoms with Crippen LogP contribution in [0.2, 0.25) is 0 Å². The molecule has 28 heavy (non-hydrogen) atoms. The number of aryl methyl sites for hydroxylation is 1. The van der Waals surface area contributed by atoms with Crippen LogP contribution in [0.15, 0.2) is 34.4 Å². The lowest BCUT2D eigenvalue weighted by Gasteiger charge is -2.20. The Bertz CT molecular complexity index is 972. The number of methoxy groups -OCH3 is 1. The van der Waals surface area contributed by atoms with Crippen molar-refractivity contribution in [1.29, 1.82) is 0 Å². The Morgan fingerprint density at radius 1 is 1.18 bits per heavy atom. The van der Waals surface area contributed by atoms with E-state index in [1.54, 1.807) is 18.4 Å². The minimum Gasteiger partial charge on any atom is -0.384 e. The van der Waals surface area contributed by atoms with E-state index in [4.69, 9.17) is 9.72 Å². The number of fused-ring (bicyclic) bond motifs is 1. The van der Waals surface area contributed by atoms with Crippen LogP contribution in [-0.2, 0) is 17.7 Å². The molecule has 0 saturated carbocycles. The summed E-state index contributed by atoms with van der Waals surface area (Å²) in [5.74, 6) is 0.809. The summed E-state index contributed by atoms with van der Waals surface area (Å²) in [6, 6.07) is 8.32. The van der Waals surface area contributed by atoms with Crippen LogP contribution in [-0.4, -0.2) is 47.8 Å². The van der Waals surface area contributed by atoms with Gasteiger partial charge in [-0.2, -0.15) is 0 Å². The highest BCUT2D eigenvalue weighted by Crippen LogP contribution is 2.31. The minimum absolute atomic E-state index is 0.0556. The molecule has 2 heterocycles. The van der Waals surface area contributed by atoms with E-state index >= 15 is 0 Å². The topological polar surface area (TPSA) is 47.4 Å². The van der Waals surface area contributed by atoms with Crippen molar-refractivity contribution in [2.75, 3.05) is 33.4 Å². The first kappa shape index (κ1) is 20.7. The average molecular weight is 400 g/mol. The van der Waals surface area contributed by atoms with Crippen LogP contribution in [0.5, 0.6) is 0 Å². The number of rotatable bonds is 9. The average Bonchev–Trinajstić information content (AvgIpc) is 3.13. The zero-order chi connectivity index (χ0) is 20.1. The van der Waals surface area contributed by atoms with Crippen molar-refractivity contribution in [3.63, 3.8) is 0 Å². The molecule has 0 amide bonds. The highest BCUT2D eigenvalue weighted by atomic mass is 32.1. The van der Waals surface area contributed by atoms with Crippen LogP contribution in [0.3, 0.4) is 0 Å². The Hall–Kier alpha value is -2.02. The van der Waals surface area contributed by atoms with Crippen molar-refractivity contribution in [2.45, 2.75) is 33.7 Å². The molecule has 0 saturated heterocycles. The van der Waals surface area contributed by atoms with E-state index in [1.165, 1.54) is 5.56 Å². The number of aromatic nitrogens is 2. The molecule has 0 spiro atoms. The third-order valence-corrected chi connectivity index (χ3v) is 6.07. The van der Waals surface area contributed by atoms with Crippen molar-refractivity contribution >= 4 is 21.6 Å². The van der Waals surface area contributed by atoms with E-state index in [0.29, 0.717) is 19.6 Å². The summed E-state index contributed by atoms with van der Waals surface area (Å²) in [5.41, 5.74) is 3.31. The number of benzene rings is 1. The fourth-order valence-electron chi connectivity index (χ4n) is 3.41. The fourth-order valence-corrected chi connectivity index (χ4v) is 4.36. The van der Waals surface area contributed by atoms with Crippen LogP contribution in [0.1, 0.15) is 25.2 Å². The van der Waals surface area contributed by atoms with E-state index in [0.717, 1.165) is 46.8 Å². The van der Waals surface area contributed by atoms with Crippen molar-refractivity contribution in [3.8, 4) is 11.1 Å². The Labute approximate surface area is 170 Å². The molecule has 0 unspecified atom stereocenters. The van der Waals surface area contributed by atoms with Gasteiger partial charge in [0.1, 0.15) is 10.7 Å². The van der Waals surface area contributed by atoms with Crippen LogP contribution >= 0.6 is 11.3 Å². The second-order valence-electron chi connectivity index (χ2n) is 6.95. The van der Waals surface area contributed by atoms with Crippen LogP contribution in [0, 0.1) is 6.92 Å². The molecule has 0 atom stereocenters. The summed E-state index contributed by atoms with van der Waals surface area (Å²) in [4.78, 5) is 21.5. The fraction of sp³-hybridized carbons (Fsp3) is 0.455. The number of hydrogen-bond acceptors (Lipinski definition) is 5. The van der Waals surface area contributed by atoms with Crippen molar-refractivity contribution in [3.05, 3.63) is 51.4 Å². The molecule has 0 bridgehead atoms. The molecular weight excluding hydrogens is 370 g/mol. The maximum atomic E-state index is 13.5. The van der Waals surface area contributed by atoms with Gasteiger partial charge >= 0.3 is 0 Å². The lowest BCUT2D eigenvalue weighted by Crippen LogP contribution is -2.33. The first-order valence-electron chi connectivity index (χ1n) is 9.88. The highest BCUT2D eigenvalue weighted by molar-refractivity contribution is 7.17. The van der Waals surface area contributed by atoms with Gasteiger partial charge in [-0.25, -0.2) is 4.98 Å². The summed E-state index contributed by atoms with van der Waals surface area (Å²) >= 11 is 1.54. The molecule has 0 aliphatic carbocycles. The Morgan fingerprint density at radius 2 is 1.89 bits per heavy atom. The monoisotopic (exact) mass is 399 g/mol. The third-order valence-electron chi connectivity index (χ3n) is 5.20. The number of likely N-dealkylation sites (N-methyl/N-ethyl adjacent to an activating group) is 1. The maximum absolute atomic E-state index is 13.5. The lowest BCUT2D eigenvalue weighted by atomic mass is 10.0. The van der Waals surface area contributed by atoms with Gasteiger partial charge in [-0.1, -0.05) is 43.7 Å². The van der Waals surface area contributed by atoms with Gasteiger partial charge in [0.05, 0.1) is 12.0 Å². The number of hydrogen-bond donors (Lipinski definition) is 0. The van der Waals surface area contributed by atoms with E-state index < -0.39 is 0 Å². The lowest BCUT2D eigenvalue weighted by molar-refractivity contribution is 0.198. The molecule has 0 aliphatic heterocycles. The normalized spacial score (nSPS) is 11.6. The molecule has 0 radical (unpaired) electrons.